The summed E-state index contributed by atoms with van der Waals surface area (Å²) < 4.78 is 1.82. The first-order valence-corrected chi connectivity index (χ1v) is 7.50. The van der Waals surface area contributed by atoms with Crippen LogP contribution in [0.15, 0.2) is 31.0 Å². The number of amides is 1. The van der Waals surface area contributed by atoms with E-state index in [0.717, 1.165) is 37.6 Å². The SMILES string of the molecule is Cc1cnn(CCC(=O)N2CCN(c3cnccn3)CC2)c1. The van der Waals surface area contributed by atoms with Gasteiger partial charge >= 0.3 is 0 Å². The van der Waals surface area contributed by atoms with Gasteiger partial charge in [-0.1, -0.05) is 0 Å². The second kappa shape index (κ2) is 6.55. The normalized spacial score (nSPS) is 15.1. The Morgan fingerprint density at radius 2 is 2.00 bits per heavy atom. The van der Waals surface area contributed by atoms with Crippen molar-refractivity contribution < 1.29 is 4.79 Å². The zero-order valence-corrected chi connectivity index (χ0v) is 12.7. The van der Waals surface area contributed by atoms with Gasteiger partial charge < -0.3 is 9.80 Å². The van der Waals surface area contributed by atoms with E-state index in [1.807, 2.05) is 28.9 Å². The standard InChI is InChI=1S/C15H20N6O/c1-13-10-18-21(12-13)5-2-15(22)20-8-6-19(7-9-20)14-11-16-3-4-17-14/h3-4,10-12H,2,5-9H2,1H3. The topological polar surface area (TPSA) is 67.2 Å². The van der Waals surface area contributed by atoms with Crippen molar-refractivity contribution in [3.8, 4) is 0 Å². The van der Waals surface area contributed by atoms with Gasteiger partial charge in [0.1, 0.15) is 5.82 Å². The molecule has 0 spiro atoms. The van der Waals surface area contributed by atoms with Gasteiger partial charge in [0.05, 0.1) is 12.4 Å². The molecule has 0 unspecified atom stereocenters. The molecule has 0 aromatic carbocycles. The zero-order valence-electron chi connectivity index (χ0n) is 12.7. The van der Waals surface area contributed by atoms with Crippen LogP contribution in [0.25, 0.3) is 0 Å². The molecule has 0 radical (unpaired) electrons. The second-order valence-electron chi connectivity index (χ2n) is 5.46. The van der Waals surface area contributed by atoms with Crippen molar-refractivity contribution in [2.24, 2.45) is 0 Å². The van der Waals surface area contributed by atoms with Crippen LogP contribution in [-0.2, 0) is 11.3 Å². The molecule has 3 heterocycles. The van der Waals surface area contributed by atoms with E-state index in [-0.39, 0.29) is 5.91 Å². The van der Waals surface area contributed by atoms with Crippen LogP contribution in [0, 0.1) is 6.92 Å². The van der Waals surface area contributed by atoms with Gasteiger partial charge in [-0.25, -0.2) is 4.98 Å². The Hall–Kier alpha value is -2.44. The molecule has 3 rings (SSSR count). The van der Waals surface area contributed by atoms with E-state index in [4.69, 9.17) is 0 Å². The van der Waals surface area contributed by atoms with Crippen molar-refractivity contribution in [3.05, 3.63) is 36.5 Å². The molecule has 1 amide bonds. The third kappa shape index (κ3) is 3.41. The molecule has 22 heavy (non-hydrogen) atoms. The van der Waals surface area contributed by atoms with Gasteiger partial charge in [-0.2, -0.15) is 5.10 Å². The van der Waals surface area contributed by atoms with Gasteiger partial charge in [0.15, 0.2) is 0 Å². The molecule has 1 aliphatic rings. The maximum Gasteiger partial charge on any atom is 0.224 e. The van der Waals surface area contributed by atoms with Crippen LogP contribution in [-0.4, -0.2) is 56.7 Å². The fourth-order valence-corrected chi connectivity index (χ4v) is 2.60. The Morgan fingerprint density at radius 3 is 2.64 bits per heavy atom. The summed E-state index contributed by atoms with van der Waals surface area (Å²) in [5.41, 5.74) is 1.12. The maximum atomic E-state index is 12.3. The van der Waals surface area contributed by atoms with Crippen molar-refractivity contribution in [1.82, 2.24) is 24.6 Å². The van der Waals surface area contributed by atoms with Gasteiger partial charge in [0.25, 0.3) is 0 Å². The van der Waals surface area contributed by atoms with Gasteiger partial charge in [0, 0.05) is 57.7 Å². The fraction of sp³-hybridized carbons (Fsp3) is 0.467. The number of hydrogen-bond acceptors (Lipinski definition) is 5. The number of anilines is 1. The molecule has 1 saturated heterocycles. The summed E-state index contributed by atoms with van der Waals surface area (Å²) in [5.74, 6) is 1.06. The minimum Gasteiger partial charge on any atom is -0.352 e. The molecule has 7 heteroatoms. The van der Waals surface area contributed by atoms with E-state index in [1.165, 1.54) is 0 Å². The summed E-state index contributed by atoms with van der Waals surface area (Å²) in [7, 11) is 0. The molecule has 7 nitrogen and oxygen atoms in total. The van der Waals surface area contributed by atoms with Gasteiger partial charge in [-0.05, 0) is 12.5 Å². The van der Waals surface area contributed by atoms with Crippen LogP contribution in [0.2, 0.25) is 0 Å². The van der Waals surface area contributed by atoms with Crippen LogP contribution in [0.1, 0.15) is 12.0 Å². The van der Waals surface area contributed by atoms with Crippen molar-refractivity contribution in [2.75, 3.05) is 31.1 Å². The maximum absolute atomic E-state index is 12.3. The van der Waals surface area contributed by atoms with E-state index in [0.29, 0.717) is 13.0 Å². The lowest BCUT2D eigenvalue weighted by molar-refractivity contribution is -0.131. The predicted octanol–water partition coefficient (Wildman–Crippen LogP) is 0.720. The number of piperazine rings is 1. The number of carbonyl (C=O) groups is 1. The summed E-state index contributed by atoms with van der Waals surface area (Å²) in [5, 5.41) is 4.21. The van der Waals surface area contributed by atoms with Crippen LogP contribution < -0.4 is 4.90 Å². The van der Waals surface area contributed by atoms with Crippen LogP contribution in [0.4, 0.5) is 5.82 Å². The Labute approximate surface area is 129 Å². The largest absolute Gasteiger partial charge is 0.352 e. The molecule has 2 aromatic rings. The number of carbonyl (C=O) groups excluding carboxylic acids is 1. The minimum atomic E-state index is 0.187. The monoisotopic (exact) mass is 300 g/mol. The highest BCUT2D eigenvalue weighted by atomic mass is 16.2. The number of aryl methyl sites for hydroxylation is 2. The fourth-order valence-electron chi connectivity index (χ4n) is 2.60. The van der Waals surface area contributed by atoms with E-state index in [2.05, 4.69) is 20.0 Å². The second-order valence-corrected chi connectivity index (χ2v) is 5.46. The Bertz CT molecular complexity index is 618. The van der Waals surface area contributed by atoms with Gasteiger partial charge in [-0.3, -0.25) is 14.5 Å². The first-order valence-electron chi connectivity index (χ1n) is 7.50. The van der Waals surface area contributed by atoms with Crippen molar-refractivity contribution in [1.29, 1.82) is 0 Å². The number of hydrogen-bond donors (Lipinski definition) is 0. The lowest BCUT2D eigenvalue weighted by Gasteiger charge is -2.35. The summed E-state index contributed by atoms with van der Waals surface area (Å²) in [6, 6.07) is 0. The zero-order chi connectivity index (χ0) is 15.4. The molecule has 0 atom stereocenters. The summed E-state index contributed by atoms with van der Waals surface area (Å²) in [4.78, 5) is 24.7. The van der Waals surface area contributed by atoms with E-state index in [1.54, 1.807) is 18.6 Å². The summed E-state index contributed by atoms with van der Waals surface area (Å²) in [6.45, 7) is 5.69. The number of aromatic nitrogens is 4. The molecular weight excluding hydrogens is 280 g/mol. The Morgan fingerprint density at radius 1 is 1.18 bits per heavy atom. The Balaban J connectivity index is 1.47. The van der Waals surface area contributed by atoms with Crippen LogP contribution >= 0.6 is 0 Å². The molecular formula is C15H20N6O. The highest BCUT2D eigenvalue weighted by Crippen LogP contribution is 2.12. The average Bonchev–Trinajstić information content (AvgIpc) is 2.99. The lowest BCUT2D eigenvalue weighted by atomic mass is 10.2. The van der Waals surface area contributed by atoms with E-state index < -0.39 is 0 Å². The molecule has 1 fully saturated rings. The molecule has 0 N–H and O–H groups in total. The summed E-state index contributed by atoms with van der Waals surface area (Å²) in [6.07, 6.45) is 9.38. The highest BCUT2D eigenvalue weighted by Gasteiger charge is 2.21. The quantitative estimate of drug-likeness (QED) is 0.832. The van der Waals surface area contributed by atoms with Crippen molar-refractivity contribution >= 4 is 11.7 Å². The van der Waals surface area contributed by atoms with E-state index in [9.17, 15) is 4.79 Å². The van der Waals surface area contributed by atoms with E-state index >= 15 is 0 Å². The van der Waals surface area contributed by atoms with Crippen LogP contribution in [0.5, 0.6) is 0 Å². The van der Waals surface area contributed by atoms with Crippen molar-refractivity contribution in [3.63, 3.8) is 0 Å². The highest BCUT2D eigenvalue weighted by molar-refractivity contribution is 5.76. The molecule has 2 aromatic heterocycles. The third-order valence-corrected chi connectivity index (χ3v) is 3.82. The molecule has 116 valence electrons. The van der Waals surface area contributed by atoms with Gasteiger partial charge in [-0.15, -0.1) is 0 Å². The molecule has 0 aliphatic carbocycles. The lowest BCUT2D eigenvalue weighted by Crippen LogP contribution is -2.49. The third-order valence-electron chi connectivity index (χ3n) is 3.82. The first-order chi connectivity index (χ1) is 10.7. The Kier molecular flexibility index (Phi) is 4.32. The number of rotatable bonds is 4. The molecule has 1 aliphatic heterocycles. The summed E-state index contributed by atoms with van der Waals surface area (Å²) >= 11 is 0. The molecule has 0 bridgehead atoms. The number of nitrogens with zero attached hydrogens (tertiary/aromatic N) is 6. The minimum absolute atomic E-state index is 0.187. The first kappa shape index (κ1) is 14.5. The van der Waals surface area contributed by atoms with Gasteiger partial charge in [0.2, 0.25) is 5.91 Å². The predicted molar refractivity (Wildman–Crippen MR) is 82.4 cm³/mol. The average molecular weight is 300 g/mol. The smallest absolute Gasteiger partial charge is 0.224 e. The van der Waals surface area contributed by atoms with Crippen molar-refractivity contribution in [2.45, 2.75) is 19.9 Å². The molecule has 0 saturated carbocycles. The van der Waals surface area contributed by atoms with Crippen LogP contribution in [0.3, 0.4) is 0 Å².